The first-order valence-electron chi connectivity index (χ1n) is 3.18. The monoisotopic (exact) mass is 126 g/mol. The summed E-state index contributed by atoms with van der Waals surface area (Å²) < 4.78 is 0. The van der Waals surface area contributed by atoms with Crippen molar-refractivity contribution >= 4 is 19.4 Å². The summed E-state index contributed by atoms with van der Waals surface area (Å²) in [7, 11) is 1.81. The summed E-state index contributed by atoms with van der Waals surface area (Å²) in [6.45, 7) is 1.50. The Hall–Kier alpha value is -0.595. The van der Waals surface area contributed by atoms with E-state index in [4.69, 9.17) is 0 Å². The lowest BCUT2D eigenvalue weighted by atomic mass is 9.97. The lowest BCUT2D eigenvalue weighted by Crippen LogP contribution is -1.99. The van der Waals surface area contributed by atoms with Gasteiger partial charge in [-0.2, -0.15) is 0 Å². The van der Waals surface area contributed by atoms with Crippen molar-refractivity contribution in [3.63, 3.8) is 0 Å². The topological polar surface area (TPSA) is 34.1 Å². The first kappa shape index (κ1) is 8.40. The molecule has 0 radical (unpaired) electrons. The molecule has 0 saturated carbocycles. The van der Waals surface area contributed by atoms with Crippen LogP contribution in [0, 0.1) is 0 Å². The SMILES string of the molecule is BCC(=O)CCC(C)=O. The molecule has 0 bridgehead atoms. The molecule has 3 heteroatoms. The molecule has 0 fully saturated rings. The van der Waals surface area contributed by atoms with Crippen molar-refractivity contribution in [2.75, 3.05) is 0 Å². The maximum atomic E-state index is 10.6. The average molecular weight is 126 g/mol. The number of hydrogen-bond acceptors (Lipinski definition) is 2. The van der Waals surface area contributed by atoms with Gasteiger partial charge in [0.25, 0.3) is 0 Å². The van der Waals surface area contributed by atoms with Gasteiger partial charge in [-0.3, -0.25) is 0 Å². The standard InChI is InChI=1S/C6H11BO2/c1-5(8)2-3-6(9)4-7/h2-4,7H2,1H3. The summed E-state index contributed by atoms with van der Waals surface area (Å²) in [5.74, 6) is 0.266. The van der Waals surface area contributed by atoms with Crippen LogP contribution in [-0.2, 0) is 9.59 Å². The van der Waals surface area contributed by atoms with Crippen LogP contribution in [0.15, 0.2) is 0 Å². The zero-order valence-electron chi connectivity index (χ0n) is 5.94. The minimum absolute atomic E-state index is 0.0943. The molecular formula is C6H11BO2. The van der Waals surface area contributed by atoms with Crippen LogP contribution in [0.3, 0.4) is 0 Å². The Kier molecular flexibility index (Phi) is 4.02. The van der Waals surface area contributed by atoms with E-state index in [0.717, 1.165) is 0 Å². The van der Waals surface area contributed by atoms with Crippen molar-refractivity contribution in [1.29, 1.82) is 0 Å². The average Bonchev–Trinajstić information content (AvgIpc) is 1.83. The van der Waals surface area contributed by atoms with Gasteiger partial charge in [0, 0.05) is 12.8 Å². The fourth-order valence-corrected chi connectivity index (χ4v) is 0.492. The van der Waals surface area contributed by atoms with Gasteiger partial charge in [-0.1, -0.05) is 0 Å². The number of hydrogen-bond donors (Lipinski definition) is 0. The van der Waals surface area contributed by atoms with Gasteiger partial charge in [0.15, 0.2) is 0 Å². The second kappa shape index (κ2) is 4.30. The highest BCUT2D eigenvalue weighted by atomic mass is 16.1. The lowest BCUT2D eigenvalue weighted by Gasteiger charge is -1.91. The molecule has 0 N–H and O–H groups in total. The van der Waals surface area contributed by atoms with Crippen molar-refractivity contribution in [1.82, 2.24) is 0 Å². The minimum atomic E-state index is 0.0943. The largest absolute Gasteiger partial charge is 0.301 e. The molecule has 0 unspecified atom stereocenters. The van der Waals surface area contributed by atoms with Crippen molar-refractivity contribution in [3.05, 3.63) is 0 Å². The fourth-order valence-electron chi connectivity index (χ4n) is 0.492. The highest BCUT2D eigenvalue weighted by Crippen LogP contribution is 1.93. The van der Waals surface area contributed by atoms with Crippen LogP contribution in [0.4, 0.5) is 0 Å². The molecule has 9 heavy (non-hydrogen) atoms. The highest BCUT2D eigenvalue weighted by molar-refractivity contribution is 6.20. The lowest BCUT2D eigenvalue weighted by molar-refractivity contribution is -0.122. The van der Waals surface area contributed by atoms with E-state index in [1.165, 1.54) is 6.92 Å². The van der Waals surface area contributed by atoms with Gasteiger partial charge in [-0.25, -0.2) is 0 Å². The molecule has 2 nitrogen and oxygen atoms in total. The van der Waals surface area contributed by atoms with E-state index in [0.29, 0.717) is 19.2 Å². The van der Waals surface area contributed by atoms with Crippen LogP contribution in [0.2, 0.25) is 6.32 Å². The van der Waals surface area contributed by atoms with Gasteiger partial charge < -0.3 is 9.59 Å². The summed E-state index contributed by atoms with van der Waals surface area (Å²) >= 11 is 0. The van der Waals surface area contributed by atoms with Crippen LogP contribution in [0.1, 0.15) is 19.8 Å². The Morgan fingerprint density at radius 2 is 1.89 bits per heavy atom. The van der Waals surface area contributed by atoms with E-state index in [1.54, 1.807) is 0 Å². The van der Waals surface area contributed by atoms with E-state index in [1.807, 2.05) is 7.85 Å². The van der Waals surface area contributed by atoms with Gasteiger partial charge in [-0.05, 0) is 13.2 Å². The normalized spacial score (nSPS) is 9.00. The quantitative estimate of drug-likeness (QED) is 0.496. The predicted molar refractivity (Wildman–Crippen MR) is 38.3 cm³/mol. The fraction of sp³-hybridized carbons (Fsp3) is 0.667. The smallest absolute Gasteiger partial charge is 0.130 e. The Bertz CT molecular complexity index is 120. The van der Waals surface area contributed by atoms with Gasteiger partial charge >= 0.3 is 0 Å². The summed E-state index contributed by atoms with van der Waals surface area (Å²) in [4.78, 5) is 20.9. The third-order valence-electron chi connectivity index (χ3n) is 1.15. The summed E-state index contributed by atoms with van der Waals surface area (Å²) in [5, 5.41) is 0. The summed E-state index contributed by atoms with van der Waals surface area (Å²) in [6, 6.07) is 0. The molecule has 0 rings (SSSR count). The third kappa shape index (κ3) is 5.27. The van der Waals surface area contributed by atoms with Crippen molar-refractivity contribution in [2.24, 2.45) is 0 Å². The minimum Gasteiger partial charge on any atom is -0.301 e. The van der Waals surface area contributed by atoms with E-state index in [-0.39, 0.29) is 11.6 Å². The summed E-state index contributed by atoms with van der Waals surface area (Å²) in [6.07, 6.45) is 1.38. The van der Waals surface area contributed by atoms with E-state index in [2.05, 4.69) is 0 Å². The second-order valence-corrected chi connectivity index (χ2v) is 2.09. The van der Waals surface area contributed by atoms with Gasteiger partial charge in [0.1, 0.15) is 19.4 Å². The third-order valence-corrected chi connectivity index (χ3v) is 1.15. The van der Waals surface area contributed by atoms with Crippen molar-refractivity contribution < 1.29 is 9.59 Å². The molecule has 0 heterocycles. The Labute approximate surface area is 56.0 Å². The molecule has 50 valence electrons. The van der Waals surface area contributed by atoms with E-state index < -0.39 is 0 Å². The van der Waals surface area contributed by atoms with Crippen LogP contribution in [-0.4, -0.2) is 19.4 Å². The first-order chi connectivity index (χ1) is 4.16. The number of Topliss-reactive ketones (excluding diaryl/α,β-unsaturated/α-hetero) is 2. The maximum absolute atomic E-state index is 10.6. The molecule has 0 saturated heterocycles. The first-order valence-corrected chi connectivity index (χ1v) is 3.18. The van der Waals surface area contributed by atoms with E-state index in [9.17, 15) is 9.59 Å². The molecule has 0 aromatic heterocycles. The summed E-state index contributed by atoms with van der Waals surface area (Å²) in [5.41, 5.74) is 0. The Balaban J connectivity index is 3.28. The Morgan fingerprint density at radius 1 is 1.33 bits per heavy atom. The zero-order chi connectivity index (χ0) is 7.28. The number of rotatable bonds is 4. The molecule has 0 amide bonds. The highest BCUT2D eigenvalue weighted by Gasteiger charge is 1.99. The van der Waals surface area contributed by atoms with Crippen LogP contribution in [0.25, 0.3) is 0 Å². The number of carbonyl (C=O) groups excluding carboxylic acids is 2. The van der Waals surface area contributed by atoms with Crippen LogP contribution < -0.4 is 0 Å². The van der Waals surface area contributed by atoms with Crippen molar-refractivity contribution in [2.45, 2.75) is 26.1 Å². The van der Waals surface area contributed by atoms with E-state index >= 15 is 0 Å². The van der Waals surface area contributed by atoms with Crippen molar-refractivity contribution in [3.8, 4) is 0 Å². The number of ketones is 2. The molecule has 0 aromatic carbocycles. The maximum Gasteiger partial charge on any atom is 0.130 e. The van der Waals surface area contributed by atoms with Gasteiger partial charge in [-0.15, -0.1) is 0 Å². The molecule has 0 aromatic rings. The molecule has 0 atom stereocenters. The van der Waals surface area contributed by atoms with Gasteiger partial charge in [0.05, 0.1) is 0 Å². The molecular weight excluding hydrogens is 115 g/mol. The number of carbonyl (C=O) groups is 2. The Morgan fingerprint density at radius 3 is 2.22 bits per heavy atom. The molecule has 0 spiro atoms. The van der Waals surface area contributed by atoms with Crippen LogP contribution >= 0.6 is 0 Å². The molecule has 0 aliphatic rings. The zero-order valence-corrected chi connectivity index (χ0v) is 5.94. The second-order valence-electron chi connectivity index (χ2n) is 2.09. The molecule has 0 aliphatic heterocycles. The van der Waals surface area contributed by atoms with Gasteiger partial charge in [0.2, 0.25) is 0 Å². The predicted octanol–water partition coefficient (Wildman–Crippen LogP) is -0.0239. The van der Waals surface area contributed by atoms with Crippen LogP contribution in [0.5, 0.6) is 0 Å². The molecule has 0 aliphatic carbocycles.